The maximum Gasteiger partial charge on any atom is 0.317 e. The summed E-state index contributed by atoms with van der Waals surface area (Å²) >= 11 is 0. The third kappa shape index (κ3) is 4.61. The van der Waals surface area contributed by atoms with Crippen LogP contribution in [0.5, 0.6) is 0 Å². The molecule has 6 nitrogen and oxygen atoms in total. The van der Waals surface area contributed by atoms with Crippen LogP contribution in [0.15, 0.2) is 42.6 Å². The van der Waals surface area contributed by atoms with Gasteiger partial charge in [0.05, 0.1) is 0 Å². The number of carbonyl (C=O) groups is 1. The molecule has 1 atom stereocenters. The van der Waals surface area contributed by atoms with E-state index in [1.54, 1.807) is 6.07 Å². The standard InChI is InChI=1S/C23H28FN5O/c1-16(2)14-29-21(27-20-7-4-9-25-22(20)29)12-18-8-10-28(15-18)23(30)26-13-17-5-3-6-19(24)11-17/h3-7,9,11,16,18H,8,10,12-15H2,1-2H3,(H,26,30). The van der Waals surface area contributed by atoms with Crippen LogP contribution in [-0.2, 0) is 19.5 Å². The summed E-state index contributed by atoms with van der Waals surface area (Å²) in [5, 5.41) is 2.90. The minimum Gasteiger partial charge on any atom is -0.334 e. The van der Waals surface area contributed by atoms with Gasteiger partial charge in [0.25, 0.3) is 0 Å². The van der Waals surface area contributed by atoms with Crippen molar-refractivity contribution in [2.24, 2.45) is 11.8 Å². The Morgan fingerprint density at radius 1 is 1.30 bits per heavy atom. The summed E-state index contributed by atoms with van der Waals surface area (Å²) in [6.07, 6.45) is 3.59. The fourth-order valence-electron chi connectivity index (χ4n) is 4.10. The van der Waals surface area contributed by atoms with E-state index in [1.807, 2.05) is 29.3 Å². The zero-order chi connectivity index (χ0) is 21.1. The van der Waals surface area contributed by atoms with Crippen LogP contribution >= 0.6 is 0 Å². The third-order valence-electron chi connectivity index (χ3n) is 5.51. The smallest absolute Gasteiger partial charge is 0.317 e. The minimum atomic E-state index is -0.290. The topological polar surface area (TPSA) is 63.1 Å². The van der Waals surface area contributed by atoms with E-state index in [-0.39, 0.29) is 11.8 Å². The number of aromatic nitrogens is 3. The summed E-state index contributed by atoms with van der Waals surface area (Å²) in [7, 11) is 0. The Morgan fingerprint density at radius 2 is 2.17 bits per heavy atom. The SMILES string of the molecule is CC(C)Cn1c(CC2CCN(C(=O)NCc3cccc(F)c3)C2)nc2cccnc21. The zero-order valence-electron chi connectivity index (χ0n) is 17.5. The number of halogens is 1. The van der Waals surface area contributed by atoms with Gasteiger partial charge in [0.15, 0.2) is 5.65 Å². The average molecular weight is 410 g/mol. The second-order valence-electron chi connectivity index (χ2n) is 8.47. The highest BCUT2D eigenvalue weighted by Gasteiger charge is 2.28. The number of urea groups is 1. The predicted octanol–water partition coefficient (Wildman–Crippen LogP) is 4.00. The van der Waals surface area contributed by atoms with Gasteiger partial charge in [-0.05, 0) is 48.1 Å². The fraction of sp³-hybridized carbons (Fsp3) is 0.435. The van der Waals surface area contributed by atoms with Crippen molar-refractivity contribution in [3.8, 4) is 0 Å². The van der Waals surface area contributed by atoms with Crippen LogP contribution in [0.25, 0.3) is 11.2 Å². The van der Waals surface area contributed by atoms with Gasteiger partial charge in [0, 0.05) is 38.8 Å². The van der Waals surface area contributed by atoms with Crippen LogP contribution < -0.4 is 5.32 Å². The molecule has 0 bridgehead atoms. The Labute approximate surface area is 176 Å². The van der Waals surface area contributed by atoms with Crippen LogP contribution in [0.4, 0.5) is 9.18 Å². The molecule has 4 rings (SSSR count). The highest BCUT2D eigenvalue weighted by Crippen LogP contribution is 2.24. The van der Waals surface area contributed by atoms with Gasteiger partial charge < -0.3 is 14.8 Å². The molecule has 1 aromatic carbocycles. The number of nitrogens with one attached hydrogen (secondary N) is 1. The van der Waals surface area contributed by atoms with E-state index in [0.717, 1.165) is 48.5 Å². The fourth-order valence-corrected chi connectivity index (χ4v) is 4.10. The van der Waals surface area contributed by atoms with Crippen LogP contribution in [0.3, 0.4) is 0 Å². The van der Waals surface area contributed by atoms with E-state index in [0.29, 0.717) is 24.9 Å². The number of hydrogen-bond donors (Lipinski definition) is 1. The Morgan fingerprint density at radius 3 is 2.97 bits per heavy atom. The van der Waals surface area contributed by atoms with Crippen molar-refractivity contribution < 1.29 is 9.18 Å². The Balaban J connectivity index is 1.38. The van der Waals surface area contributed by atoms with Crippen molar-refractivity contribution in [2.45, 2.75) is 39.8 Å². The number of nitrogens with zero attached hydrogens (tertiary/aromatic N) is 4. The number of rotatable bonds is 6. The number of pyridine rings is 1. The lowest BCUT2D eigenvalue weighted by atomic mass is 10.0. The van der Waals surface area contributed by atoms with E-state index in [2.05, 4.69) is 28.7 Å². The van der Waals surface area contributed by atoms with Crippen molar-refractivity contribution in [3.63, 3.8) is 0 Å². The minimum absolute atomic E-state index is 0.0980. The van der Waals surface area contributed by atoms with Crippen LogP contribution in [0.2, 0.25) is 0 Å². The van der Waals surface area contributed by atoms with Crippen LogP contribution in [0, 0.1) is 17.7 Å². The van der Waals surface area contributed by atoms with E-state index in [9.17, 15) is 9.18 Å². The maximum atomic E-state index is 13.3. The van der Waals surface area contributed by atoms with E-state index in [1.165, 1.54) is 12.1 Å². The summed E-state index contributed by atoms with van der Waals surface area (Å²) in [5.74, 6) is 1.62. The lowest BCUT2D eigenvalue weighted by Crippen LogP contribution is -2.38. The van der Waals surface area contributed by atoms with Gasteiger partial charge >= 0.3 is 6.03 Å². The molecule has 30 heavy (non-hydrogen) atoms. The average Bonchev–Trinajstić information content (AvgIpc) is 3.31. The zero-order valence-corrected chi connectivity index (χ0v) is 17.5. The van der Waals surface area contributed by atoms with E-state index in [4.69, 9.17) is 4.98 Å². The van der Waals surface area contributed by atoms with Gasteiger partial charge in [-0.15, -0.1) is 0 Å². The molecule has 0 radical (unpaired) electrons. The highest BCUT2D eigenvalue weighted by atomic mass is 19.1. The number of fused-ring (bicyclic) bond motifs is 1. The van der Waals surface area contributed by atoms with Crippen molar-refractivity contribution in [1.82, 2.24) is 24.8 Å². The van der Waals surface area contributed by atoms with Crippen molar-refractivity contribution in [2.75, 3.05) is 13.1 Å². The van der Waals surface area contributed by atoms with Crippen molar-refractivity contribution in [3.05, 3.63) is 59.8 Å². The molecule has 0 spiro atoms. The summed E-state index contributed by atoms with van der Waals surface area (Å²) in [4.78, 5) is 23.8. The monoisotopic (exact) mass is 409 g/mol. The molecule has 158 valence electrons. The number of hydrogen-bond acceptors (Lipinski definition) is 3. The summed E-state index contributed by atoms with van der Waals surface area (Å²) in [5.41, 5.74) is 2.62. The number of amides is 2. The first-order chi connectivity index (χ1) is 14.5. The largest absolute Gasteiger partial charge is 0.334 e. The van der Waals surface area contributed by atoms with Gasteiger partial charge in [-0.1, -0.05) is 26.0 Å². The molecule has 1 saturated heterocycles. The molecular weight excluding hydrogens is 381 g/mol. The van der Waals surface area contributed by atoms with Gasteiger partial charge in [-0.2, -0.15) is 0 Å². The maximum absolute atomic E-state index is 13.3. The lowest BCUT2D eigenvalue weighted by Gasteiger charge is -2.18. The molecule has 3 aromatic rings. The molecule has 1 aliphatic heterocycles. The number of likely N-dealkylation sites (tertiary alicyclic amines) is 1. The molecule has 1 unspecified atom stereocenters. The van der Waals surface area contributed by atoms with Crippen LogP contribution in [0.1, 0.15) is 31.7 Å². The van der Waals surface area contributed by atoms with Crippen LogP contribution in [-0.4, -0.2) is 38.6 Å². The predicted molar refractivity (Wildman–Crippen MR) is 114 cm³/mol. The molecule has 3 heterocycles. The number of benzene rings is 1. The van der Waals surface area contributed by atoms with Crippen molar-refractivity contribution >= 4 is 17.2 Å². The molecule has 7 heteroatoms. The number of imidazole rings is 1. The molecule has 0 saturated carbocycles. The number of carbonyl (C=O) groups excluding carboxylic acids is 1. The first-order valence-corrected chi connectivity index (χ1v) is 10.6. The molecule has 2 amide bonds. The van der Waals surface area contributed by atoms with Gasteiger partial charge in [-0.25, -0.2) is 19.2 Å². The normalized spacial score (nSPS) is 16.5. The summed E-state index contributed by atoms with van der Waals surface area (Å²) in [6, 6.07) is 10.1. The molecule has 1 fully saturated rings. The second-order valence-corrected chi connectivity index (χ2v) is 8.47. The van der Waals surface area contributed by atoms with E-state index < -0.39 is 0 Å². The Hall–Kier alpha value is -2.96. The molecule has 2 aromatic heterocycles. The molecule has 1 aliphatic rings. The first kappa shape index (κ1) is 20.3. The second kappa shape index (κ2) is 8.81. The molecule has 1 N–H and O–H groups in total. The van der Waals surface area contributed by atoms with Gasteiger partial charge in [0.2, 0.25) is 0 Å². The molecule has 0 aliphatic carbocycles. The summed E-state index contributed by atoms with van der Waals surface area (Å²) in [6.45, 7) is 7.02. The van der Waals surface area contributed by atoms with Gasteiger partial charge in [-0.3, -0.25) is 0 Å². The highest BCUT2D eigenvalue weighted by molar-refractivity contribution is 5.74. The Kier molecular flexibility index (Phi) is 5.97. The first-order valence-electron chi connectivity index (χ1n) is 10.6. The Bertz CT molecular complexity index is 1030. The van der Waals surface area contributed by atoms with E-state index >= 15 is 0 Å². The van der Waals surface area contributed by atoms with Gasteiger partial charge in [0.1, 0.15) is 17.2 Å². The van der Waals surface area contributed by atoms with Crippen molar-refractivity contribution in [1.29, 1.82) is 0 Å². The third-order valence-corrected chi connectivity index (χ3v) is 5.51. The molecular formula is C23H28FN5O. The lowest BCUT2D eigenvalue weighted by molar-refractivity contribution is 0.206. The quantitative estimate of drug-likeness (QED) is 0.669. The summed E-state index contributed by atoms with van der Waals surface area (Å²) < 4.78 is 15.5.